The van der Waals surface area contributed by atoms with Crippen molar-refractivity contribution in [3.05, 3.63) is 60.1 Å². The van der Waals surface area contributed by atoms with Crippen molar-refractivity contribution in [2.24, 2.45) is 0 Å². The first-order chi connectivity index (χ1) is 10.5. The number of nitrogens with zero attached hydrogens (tertiary/aromatic N) is 1. The van der Waals surface area contributed by atoms with Crippen LogP contribution in [0.5, 0.6) is 0 Å². The van der Waals surface area contributed by atoms with Crippen LogP contribution in [-0.2, 0) is 0 Å². The van der Waals surface area contributed by atoms with Crippen LogP contribution in [0.4, 0.5) is 5.13 Å². The summed E-state index contributed by atoms with van der Waals surface area (Å²) in [5.41, 5.74) is 4.01. The summed E-state index contributed by atoms with van der Waals surface area (Å²) in [6.45, 7) is 11.7. The monoisotopic (exact) mass is 329 g/mol. The Kier molecular flexibility index (Phi) is 5.46. The molecule has 0 atom stereocenters. The number of rotatable bonds is 5. The molecule has 5 heteroatoms. The molecule has 0 amide bonds. The van der Waals surface area contributed by atoms with Gasteiger partial charge in [-0.05, 0) is 29.8 Å². The molecular weight excluding hydrogens is 310 g/mol. The highest BCUT2D eigenvalue weighted by Gasteiger charge is 2.07. The third-order valence-corrected chi connectivity index (χ3v) is 4.08. The van der Waals surface area contributed by atoms with Crippen molar-refractivity contribution in [1.29, 1.82) is 0 Å². The molecule has 22 heavy (non-hydrogen) atoms. The van der Waals surface area contributed by atoms with Crippen LogP contribution in [-0.4, -0.2) is 10.1 Å². The first kappa shape index (κ1) is 16.4. The predicted molar refractivity (Wildman–Crippen MR) is 100 cm³/mol. The van der Waals surface area contributed by atoms with Gasteiger partial charge in [-0.15, -0.1) is 11.3 Å². The van der Waals surface area contributed by atoms with Crippen LogP contribution >= 0.6 is 23.6 Å². The number of hydrogen-bond acceptors (Lipinski definition) is 3. The Morgan fingerprint density at radius 3 is 2.59 bits per heavy atom. The molecule has 0 unspecified atom stereocenters. The van der Waals surface area contributed by atoms with E-state index in [1.54, 1.807) is 6.08 Å². The molecule has 0 saturated heterocycles. The van der Waals surface area contributed by atoms with Crippen molar-refractivity contribution in [3.8, 4) is 11.3 Å². The van der Waals surface area contributed by atoms with Crippen LogP contribution in [0.1, 0.15) is 25.3 Å². The SMILES string of the molecule is C=CC(=C)NC(=S)Nc1nc(-c2ccc(C(C)C)cc2)cs1. The summed E-state index contributed by atoms with van der Waals surface area (Å²) in [4.78, 5) is 4.55. The number of nitrogens with one attached hydrogen (secondary N) is 2. The Morgan fingerprint density at radius 2 is 2.00 bits per heavy atom. The molecule has 0 aliphatic heterocycles. The van der Waals surface area contributed by atoms with E-state index in [2.05, 4.69) is 66.9 Å². The van der Waals surface area contributed by atoms with Crippen LogP contribution in [0, 0.1) is 0 Å². The fourth-order valence-electron chi connectivity index (χ4n) is 1.83. The molecule has 114 valence electrons. The third-order valence-electron chi connectivity index (χ3n) is 3.12. The Labute approximate surface area is 140 Å². The van der Waals surface area contributed by atoms with Crippen molar-refractivity contribution >= 4 is 33.8 Å². The molecule has 0 radical (unpaired) electrons. The smallest absolute Gasteiger partial charge is 0.189 e. The molecule has 2 aromatic rings. The molecule has 0 bridgehead atoms. The van der Waals surface area contributed by atoms with Gasteiger partial charge in [-0.2, -0.15) is 0 Å². The lowest BCUT2D eigenvalue weighted by Crippen LogP contribution is -2.26. The zero-order valence-corrected chi connectivity index (χ0v) is 14.4. The highest BCUT2D eigenvalue weighted by Crippen LogP contribution is 2.26. The molecule has 2 rings (SSSR count). The van der Waals surface area contributed by atoms with Gasteiger partial charge in [0.15, 0.2) is 10.2 Å². The summed E-state index contributed by atoms with van der Waals surface area (Å²) in [5, 5.41) is 9.19. The summed E-state index contributed by atoms with van der Waals surface area (Å²) >= 11 is 6.70. The van der Waals surface area contributed by atoms with E-state index in [0.717, 1.165) is 16.4 Å². The van der Waals surface area contributed by atoms with Crippen molar-refractivity contribution in [3.63, 3.8) is 0 Å². The van der Waals surface area contributed by atoms with Gasteiger partial charge in [0, 0.05) is 16.6 Å². The summed E-state index contributed by atoms with van der Waals surface area (Å²) in [7, 11) is 0. The molecule has 0 saturated carbocycles. The van der Waals surface area contributed by atoms with Gasteiger partial charge in [-0.3, -0.25) is 0 Å². The molecule has 0 aliphatic rings. The molecular formula is C17H19N3S2. The zero-order chi connectivity index (χ0) is 16.1. The number of allylic oxidation sites excluding steroid dienone is 1. The second kappa shape index (κ2) is 7.33. The second-order valence-electron chi connectivity index (χ2n) is 5.12. The second-order valence-corrected chi connectivity index (χ2v) is 6.39. The number of aromatic nitrogens is 1. The highest BCUT2D eigenvalue weighted by atomic mass is 32.1. The van der Waals surface area contributed by atoms with Gasteiger partial charge >= 0.3 is 0 Å². The number of thiocarbonyl (C=S) groups is 1. The number of thiazole rings is 1. The van der Waals surface area contributed by atoms with Crippen molar-refractivity contribution in [2.75, 3.05) is 5.32 Å². The van der Waals surface area contributed by atoms with Crippen molar-refractivity contribution in [2.45, 2.75) is 19.8 Å². The van der Waals surface area contributed by atoms with Gasteiger partial charge in [0.05, 0.1) is 5.69 Å². The van der Waals surface area contributed by atoms with Crippen molar-refractivity contribution in [1.82, 2.24) is 10.3 Å². The van der Waals surface area contributed by atoms with Crippen LogP contribution in [0.15, 0.2) is 54.6 Å². The lowest BCUT2D eigenvalue weighted by molar-refractivity contribution is 0.867. The Balaban J connectivity index is 2.06. The minimum atomic E-state index is 0.459. The molecule has 1 aromatic heterocycles. The fourth-order valence-corrected chi connectivity index (χ4v) is 2.84. The Bertz CT molecular complexity index is 684. The summed E-state index contributed by atoms with van der Waals surface area (Å²) < 4.78 is 0. The maximum atomic E-state index is 5.19. The first-order valence-corrected chi connectivity index (χ1v) is 8.23. The van der Waals surface area contributed by atoms with Gasteiger partial charge in [0.2, 0.25) is 0 Å². The summed E-state index contributed by atoms with van der Waals surface area (Å²) in [5.74, 6) is 0.531. The zero-order valence-electron chi connectivity index (χ0n) is 12.7. The van der Waals surface area contributed by atoms with E-state index in [-0.39, 0.29) is 0 Å². The van der Waals surface area contributed by atoms with E-state index in [1.807, 2.05) is 5.38 Å². The number of benzene rings is 1. The topological polar surface area (TPSA) is 37.0 Å². The minimum absolute atomic E-state index is 0.459. The number of anilines is 1. The quantitative estimate of drug-likeness (QED) is 0.603. The summed E-state index contributed by atoms with van der Waals surface area (Å²) in [6, 6.07) is 8.49. The van der Waals surface area contributed by atoms with E-state index in [0.29, 0.717) is 16.7 Å². The van der Waals surface area contributed by atoms with E-state index >= 15 is 0 Å². The van der Waals surface area contributed by atoms with E-state index in [1.165, 1.54) is 16.9 Å². The maximum absolute atomic E-state index is 5.19. The van der Waals surface area contributed by atoms with Gasteiger partial charge in [-0.1, -0.05) is 51.3 Å². The summed E-state index contributed by atoms with van der Waals surface area (Å²) in [6.07, 6.45) is 1.61. The largest absolute Gasteiger partial charge is 0.333 e. The molecule has 0 aliphatic carbocycles. The third kappa shape index (κ3) is 4.26. The predicted octanol–water partition coefficient (Wildman–Crippen LogP) is 4.92. The van der Waals surface area contributed by atoms with Gasteiger partial charge in [-0.25, -0.2) is 4.98 Å². The lowest BCUT2D eigenvalue weighted by Gasteiger charge is -2.07. The average molecular weight is 329 g/mol. The van der Waals surface area contributed by atoms with Gasteiger partial charge in [0.25, 0.3) is 0 Å². The Hall–Kier alpha value is -1.98. The normalized spacial score (nSPS) is 10.3. The van der Waals surface area contributed by atoms with Crippen LogP contribution in [0.3, 0.4) is 0 Å². The molecule has 1 aromatic carbocycles. The van der Waals surface area contributed by atoms with Gasteiger partial charge in [0.1, 0.15) is 0 Å². The van der Waals surface area contributed by atoms with E-state index in [9.17, 15) is 0 Å². The highest BCUT2D eigenvalue weighted by molar-refractivity contribution is 7.80. The molecule has 0 fully saturated rings. The van der Waals surface area contributed by atoms with Crippen LogP contribution < -0.4 is 10.6 Å². The van der Waals surface area contributed by atoms with E-state index < -0.39 is 0 Å². The Morgan fingerprint density at radius 1 is 1.32 bits per heavy atom. The standard InChI is InChI=1S/C17H19N3S2/c1-5-12(4)18-16(21)20-17-19-15(10-22-17)14-8-6-13(7-9-14)11(2)3/h5-11H,1,4H2,2-3H3,(H2,18,19,20,21). The molecule has 0 spiro atoms. The molecule has 1 heterocycles. The number of hydrogen-bond donors (Lipinski definition) is 2. The molecule has 2 N–H and O–H groups in total. The maximum Gasteiger partial charge on any atom is 0.189 e. The van der Waals surface area contributed by atoms with Crippen LogP contribution in [0.25, 0.3) is 11.3 Å². The average Bonchev–Trinajstić information content (AvgIpc) is 2.95. The van der Waals surface area contributed by atoms with Gasteiger partial charge < -0.3 is 10.6 Å². The molecule has 3 nitrogen and oxygen atoms in total. The van der Waals surface area contributed by atoms with E-state index in [4.69, 9.17) is 12.2 Å². The van der Waals surface area contributed by atoms with Crippen LogP contribution in [0.2, 0.25) is 0 Å². The first-order valence-electron chi connectivity index (χ1n) is 6.95. The van der Waals surface area contributed by atoms with Crippen molar-refractivity contribution < 1.29 is 0 Å². The lowest BCUT2D eigenvalue weighted by atomic mass is 10.0. The fraction of sp³-hybridized carbons (Fsp3) is 0.176. The minimum Gasteiger partial charge on any atom is -0.333 e.